The molecule has 0 unspecified atom stereocenters. The van der Waals surface area contributed by atoms with Gasteiger partial charge in [0.2, 0.25) is 0 Å². The van der Waals surface area contributed by atoms with Crippen LogP contribution in [0.4, 0.5) is 0 Å². The van der Waals surface area contributed by atoms with Gasteiger partial charge in [0.15, 0.2) is 0 Å². The highest BCUT2D eigenvalue weighted by atomic mass is 16.5. The topological polar surface area (TPSA) is 47.6 Å². The number of hydrogen-bond donors (Lipinski definition) is 0. The van der Waals surface area contributed by atoms with Crippen LogP contribution >= 0.6 is 0 Å². The Labute approximate surface area is 124 Å². The fourth-order valence-electron chi connectivity index (χ4n) is 2.91. The number of aryl methyl sites for hydroxylation is 3. The van der Waals surface area contributed by atoms with Gasteiger partial charge in [-0.2, -0.15) is 0 Å². The molecule has 3 rings (SSSR count). The smallest absolute Gasteiger partial charge is 0.258 e. The van der Waals surface area contributed by atoms with E-state index in [1.807, 2.05) is 54.8 Å². The van der Waals surface area contributed by atoms with E-state index in [9.17, 15) is 4.79 Å². The van der Waals surface area contributed by atoms with Gasteiger partial charge >= 0.3 is 0 Å². The quantitative estimate of drug-likeness (QED) is 0.853. The Morgan fingerprint density at radius 3 is 2.81 bits per heavy atom. The second-order valence-corrected chi connectivity index (χ2v) is 5.46. The average molecular weight is 288 g/mol. The molecule has 0 bridgehead atoms. The third-order valence-corrected chi connectivity index (χ3v) is 3.99. The van der Waals surface area contributed by atoms with Gasteiger partial charge in [0, 0.05) is 25.5 Å². The molecule has 1 aliphatic heterocycles. The molecule has 0 saturated carbocycles. The fraction of sp³-hybridized carbons (Fsp3) is 0.438. The summed E-state index contributed by atoms with van der Waals surface area (Å²) in [5, 5.41) is 0. The van der Waals surface area contributed by atoms with Crippen molar-refractivity contribution in [3.63, 3.8) is 0 Å². The van der Waals surface area contributed by atoms with E-state index in [0.29, 0.717) is 31.1 Å². The molecule has 0 spiro atoms. The van der Waals surface area contributed by atoms with E-state index in [-0.39, 0.29) is 11.9 Å². The van der Waals surface area contributed by atoms with Gasteiger partial charge in [-0.1, -0.05) is 0 Å². The lowest BCUT2D eigenvalue weighted by Gasteiger charge is -2.35. The molecule has 112 valence electrons. The number of nitrogens with zero attached hydrogens (tertiary/aromatic N) is 2. The van der Waals surface area contributed by atoms with Gasteiger partial charge < -0.3 is 18.6 Å². The molecule has 1 amide bonds. The minimum absolute atomic E-state index is 0.0128. The van der Waals surface area contributed by atoms with Gasteiger partial charge in [-0.15, -0.1) is 0 Å². The zero-order valence-electron chi connectivity index (χ0n) is 12.6. The number of morpholine rings is 1. The van der Waals surface area contributed by atoms with Crippen molar-refractivity contribution in [2.45, 2.75) is 19.9 Å². The van der Waals surface area contributed by atoms with Crippen LogP contribution < -0.4 is 0 Å². The van der Waals surface area contributed by atoms with Crippen LogP contribution in [0.3, 0.4) is 0 Å². The van der Waals surface area contributed by atoms with Gasteiger partial charge in [-0.3, -0.25) is 4.79 Å². The summed E-state index contributed by atoms with van der Waals surface area (Å²) in [5.74, 6) is 1.45. The predicted octanol–water partition coefficient (Wildman–Crippen LogP) is 2.45. The van der Waals surface area contributed by atoms with Crippen molar-refractivity contribution in [3.05, 3.63) is 47.2 Å². The van der Waals surface area contributed by atoms with Gasteiger partial charge in [-0.25, -0.2) is 0 Å². The number of aromatic nitrogens is 1. The Hall–Kier alpha value is -2.01. The van der Waals surface area contributed by atoms with Crippen molar-refractivity contribution in [2.75, 3.05) is 19.8 Å². The van der Waals surface area contributed by atoms with E-state index in [4.69, 9.17) is 9.15 Å². The maximum Gasteiger partial charge on any atom is 0.258 e. The van der Waals surface area contributed by atoms with E-state index in [0.717, 1.165) is 11.5 Å². The first-order valence-electron chi connectivity index (χ1n) is 7.15. The summed E-state index contributed by atoms with van der Waals surface area (Å²) in [4.78, 5) is 14.7. The summed E-state index contributed by atoms with van der Waals surface area (Å²) in [7, 11) is 1.99. The molecule has 0 N–H and O–H groups in total. The Kier molecular flexibility index (Phi) is 3.59. The molecule has 1 aliphatic rings. The zero-order valence-corrected chi connectivity index (χ0v) is 12.6. The first-order valence-corrected chi connectivity index (χ1v) is 7.15. The summed E-state index contributed by atoms with van der Waals surface area (Å²) >= 11 is 0. The maximum atomic E-state index is 12.9. The second kappa shape index (κ2) is 5.41. The van der Waals surface area contributed by atoms with Crippen molar-refractivity contribution in [3.8, 4) is 0 Å². The molecule has 21 heavy (non-hydrogen) atoms. The summed E-state index contributed by atoms with van der Waals surface area (Å²) in [6.07, 6.45) is 1.99. The van der Waals surface area contributed by atoms with Crippen LogP contribution in [-0.4, -0.2) is 35.1 Å². The lowest BCUT2D eigenvalue weighted by Crippen LogP contribution is -2.44. The summed E-state index contributed by atoms with van der Waals surface area (Å²) in [6, 6.07) is 5.78. The van der Waals surface area contributed by atoms with Crippen LogP contribution in [0.5, 0.6) is 0 Å². The summed E-state index contributed by atoms with van der Waals surface area (Å²) in [5.41, 5.74) is 1.73. The first kappa shape index (κ1) is 13.9. The molecule has 0 aliphatic carbocycles. The molecule has 1 saturated heterocycles. The van der Waals surface area contributed by atoms with Crippen molar-refractivity contribution >= 4 is 5.91 Å². The average Bonchev–Trinajstić information content (AvgIpc) is 3.03. The van der Waals surface area contributed by atoms with Crippen molar-refractivity contribution in [1.29, 1.82) is 0 Å². The van der Waals surface area contributed by atoms with Crippen molar-refractivity contribution in [2.24, 2.45) is 7.05 Å². The molecule has 2 aromatic rings. The van der Waals surface area contributed by atoms with Crippen LogP contribution in [0.1, 0.15) is 33.6 Å². The summed E-state index contributed by atoms with van der Waals surface area (Å²) < 4.78 is 13.1. The number of carbonyl (C=O) groups is 1. The number of rotatable bonds is 2. The van der Waals surface area contributed by atoms with Crippen molar-refractivity contribution in [1.82, 2.24) is 9.47 Å². The van der Waals surface area contributed by atoms with E-state index in [2.05, 4.69) is 0 Å². The van der Waals surface area contributed by atoms with Crippen LogP contribution in [0.25, 0.3) is 0 Å². The number of furan rings is 1. The van der Waals surface area contributed by atoms with Gasteiger partial charge in [0.1, 0.15) is 11.5 Å². The molecular formula is C16H20N2O3. The minimum atomic E-state index is -0.0548. The summed E-state index contributed by atoms with van der Waals surface area (Å²) in [6.45, 7) is 5.39. The largest absolute Gasteiger partial charge is 0.466 e. The number of hydrogen-bond acceptors (Lipinski definition) is 3. The second-order valence-electron chi connectivity index (χ2n) is 5.46. The standard InChI is InChI=1S/C16H20N2O3/c1-11-9-13(12(2)21-11)16(19)18-7-8-20-10-15(18)14-5-4-6-17(14)3/h4-6,9,15H,7-8,10H2,1-3H3/t15-/m0/s1. The number of carbonyl (C=O) groups excluding carboxylic acids is 1. The monoisotopic (exact) mass is 288 g/mol. The van der Waals surface area contributed by atoms with Gasteiger partial charge in [0.25, 0.3) is 5.91 Å². The zero-order chi connectivity index (χ0) is 15.0. The van der Waals surface area contributed by atoms with Gasteiger partial charge in [0.05, 0.1) is 24.8 Å². The lowest BCUT2D eigenvalue weighted by atomic mass is 10.1. The van der Waals surface area contributed by atoms with E-state index >= 15 is 0 Å². The molecule has 5 heteroatoms. The molecule has 1 atom stereocenters. The molecule has 5 nitrogen and oxygen atoms in total. The third kappa shape index (κ3) is 2.49. The fourth-order valence-corrected chi connectivity index (χ4v) is 2.91. The highest BCUT2D eigenvalue weighted by molar-refractivity contribution is 5.95. The molecule has 1 fully saturated rings. The maximum absolute atomic E-state index is 12.9. The number of amides is 1. The van der Waals surface area contributed by atoms with Crippen LogP contribution in [-0.2, 0) is 11.8 Å². The molecule has 0 aromatic carbocycles. The molecule has 2 aromatic heterocycles. The lowest BCUT2D eigenvalue weighted by molar-refractivity contribution is -0.00472. The number of ether oxygens (including phenoxy) is 1. The Morgan fingerprint density at radius 2 is 2.19 bits per heavy atom. The van der Waals surface area contributed by atoms with E-state index < -0.39 is 0 Å². The molecule has 0 radical (unpaired) electrons. The highest BCUT2D eigenvalue weighted by Gasteiger charge is 2.32. The Bertz CT molecular complexity index is 656. The Morgan fingerprint density at radius 1 is 1.38 bits per heavy atom. The normalized spacial score (nSPS) is 19.0. The molecule has 3 heterocycles. The van der Waals surface area contributed by atoms with Gasteiger partial charge in [-0.05, 0) is 32.0 Å². The minimum Gasteiger partial charge on any atom is -0.466 e. The first-order chi connectivity index (χ1) is 10.1. The van der Waals surface area contributed by atoms with E-state index in [1.165, 1.54) is 0 Å². The van der Waals surface area contributed by atoms with Crippen LogP contribution in [0, 0.1) is 13.8 Å². The highest BCUT2D eigenvalue weighted by Crippen LogP contribution is 2.27. The molecular weight excluding hydrogens is 268 g/mol. The predicted molar refractivity (Wildman–Crippen MR) is 78.2 cm³/mol. The van der Waals surface area contributed by atoms with Crippen LogP contribution in [0.2, 0.25) is 0 Å². The van der Waals surface area contributed by atoms with Crippen LogP contribution in [0.15, 0.2) is 28.8 Å². The van der Waals surface area contributed by atoms with E-state index in [1.54, 1.807) is 0 Å². The third-order valence-electron chi connectivity index (χ3n) is 3.99. The van der Waals surface area contributed by atoms with Crippen molar-refractivity contribution < 1.29 is 13.9 Å². The SMILES string of the molecule is Cc1cc(C(=O)N2CCOC[C@H]2c2cccn2C)c(C)o1. The Balaban J connectivity index is 1.93.